The van der Waals surface area contributed by atoms with Gasteiger partial charge in [0.1, 0.15) is 11.2 Å². The number of hydrogen-bond donors (Lipinski definition) is 2. The molecule has 0 radical (unpaired) electrons. The quantitative estimate of drug-likeness (QED) is 0.175. The molecule has 7 aliphatic heterocycles. The Hall–Kier alpha value is -4.06. The Bertz CT molecular complexity index is 3500. The van der Waals surface area contributed by atoms with E-state index in [1.54, 1.807) is 16.8 Å². The van der Waals surface area contributed by atoms with Crippen molar-refractivity contribution in [1.29, 1.82) is 0 Å². The number of nitrogens with zero attached hydrogens (tertiary/aromatic N) is 2. The maximum atomic E-state index is 17.2. The third-order valence-corrected chi connectivity index (χ3v) is 33.3. The summed E-state index contributed by atoms with van der Waals surface area (Å²) in [5.41, 5.74) is 13.4. The summed E-state index contributed by atoms with van der Waals surface area (Å²) >= 11 is 0. The van der Waals surface area contributed by atoms with Crippen molar-refractivity contribution in [3.8, 4) is 11.8 Å². The van der Waals surface area contributed by atoms with Crippen LogP contribution in [0.5, 0.6) is 0 Å². The van der Waals surface area contributed by atoms with E-state index in [0.29, 0.717) is 113 Å². The number of aryl methyl sites for hydroxylation is 1. The number of carbonyl (C=O) groups is 2. The molecule has 12 bridgehead atoms. The molecule has 3 N–H and O–H groups in total. The van der Waals surface area contributed by atoms with Crippen LogP contribution in [-0.4, -0.2) is 64.6 Å². The molecule has 21 aliphatic rings. The van der Waals surface area contributed by atoms with E-state index in [1.807, 2.05) is 0 Å². The van der Waals surface area contributed by atoms with E-state index in [-0.39, 0.29) is 63.9 Å². The number of nitrogens with two attached hydrogens (primary N) is 1. The number of aliphatic hydroxyl groups is 1. The number of aliphatic hydroxyl groups excluding tert-OH is 1. The van der Waals surface area contributed by atoms with Crippen LogP contribution in [-0.2, 0) is 26.3 Å². The van der Waals surface area contributed by atoms with E-state index in [1.165, 1.54) is 153 Å². The van der Waals surface area contributed by atoms with Crippen molar-refractivity contribution >= 4 is 11.9 Å². The van der Waals surface area contributed by atoms with Crippen LogP contribution in [0.1, 0.15) is 221 Å². The van der Waals surface area contributed by atoms with Gasteiger partial charge in [0.15, 0.2) is 11.4 Å². The average Bonchev–Trinajstić information content (AvgIpc) is 1.53. The molecule has 7 heterocycles. The first-order chi connectivity index (χ1) is 42.5. The number of rotatable bonds is 4. The predicted octanol–water partition coefficient (Wildman–Crippen LogP) is 15.1. The molecular weight excluding hydrogens is 1070 g/mol. The molecule has 458 valence electrons. The number of allylic oxidation sites excluding steroid dienone is 5. The number of esters is 2. The lowest BCUT2D eigenvalue weighted by Crippen LogP contribution is -2.78. The van der Waals surface area contributed by atoms with Gasteiger partial charge in [0.05, 0.1) is 11.0 Å². The molecule has 3 saturated heterocycles. The highest BCUT2D eigenvalue weighted by Crippen LogP contribution is 2.89. The Kier molecular flexibility index (Phi) is 10.5. The first-order valence-corrected chi connectivity index (χ1v) is 37.0. The molecule has 22 rings (SSSR count). The van der Waals surface area contributed by atoms with E-state index in [4.69, 9.17) is 15.2 Å². The molecule has 8 heteroatoms. The smallest absolute Gasteiger partial charge is 0.339 e. The standard InChI is InChI=1S/C79H97N3O5/c1-45-34-51-36-56-48-21-31-74-44-82-60-18-7-15-53-16-9-28-75(53)29-11-30-76(75)42-52(41-73(76)26-4-5-27-73)61(82)39-62(83)69-77-32-22-54-65(67(51)81(68(56)74)43-57(60)59(74)37-48)55(45)35-49-20-19-47(50-13-8-25-72(40-50)23-2-3-24-72)38-63(78(77,66(49)54)71(85)86-69)79(77)58-17-6-12-46(14-10-33-80)64(58)70(84)87-79/h6,12,17,19-21,31,45,47-50,52-53,55-57,59-61,63,65,68,83H,2-5,8-11,13-14,16,18,22-30,32-44,80H2,1H3. The fraction of sp³-hybridized carbons (Fsp3) is 0.747. The number of hydrogen-bond acceptors (Lipinski definition) is 8. The number of ether oxygens (including phenoxy) is 2. The maximum Gasteiger partial charge on any atom is 0.339 e. The van der Waals surface area contributed by atoms with Gasteiger partial charge in [-0.05, 0) is 245 Å². The summed E-state index contributed by atoms with van der Waals surface area (Å²) in [5, 5.41) is 14.6. The molecule has 0 aromatic heterocycles. The largest absolute Gasteiger partial charge is 0.509 e. The van der Waals surface area contributed by atoms with Gasteiger partial charge in [0.25, 0.3) is 0 Å². The van der Waals surface area contributed by atoms with Crippen LogP contribution in [0.15, 0.2) is 76.4 Å². The topological polar surface area (TPSA) is 105 Å². The summed E-state index contributed by atoms with van der Waals surface area (Å²) < 4.78 is 15.3. The van der Waals surface area contributed by atoms with Gasteiger partial charge in [-0.15, -0.1) is 5.92 Å². The van der Waals surface area contributed by atoms with Crippen molar-refractivity contribution in [2.45, 2.75) is 230 Å². The normalized spacial score (nSPS) is 50.9. The van der Waals surface area contributed by atoms with E-state index in [2.05, 4.69) is 71.1 Å². The van der Waals surface area contributed by atoms with Gasteiger partial charge in [0.2, 0.25) is 0 Å². The Morgan fingerprint density at radius 3 is 2.54 bits per heavy atom. The highest BCUT2D eigenvalue weighted by molar-refractivity contribution is 6.00. The molecule has 8 saturated carbocycles. The lowest BCUT2D eigenvalue weighted by Gasteiger charge is -2.75. The van der Waals surface area contributed by atoms with Gasteiger partial charge in [-0.1, -0.05) is 106 Å². The highest BCUT2D eigenvalue weighted by Gasteiger charge is 2.94. The van der Waals surface area contributed by atoms with Crippen molar-refractivity contribution in [1.82, 2.24) is 9.80 Å². The lowest BCUT2D eigenvalue weighted by molar-refractivity contribution is -0.282. The van der Waals surface area contributed by atoms with E-state index < -0.39 is 16.4 Å². The minimum absolute atomic E-state index is 0.0267. The van der Waals surface area contributed by atoms with Crippen molar-refractivity contribution < 1.29 is 24.2 Å². The van der Waals surface area contributed by atoms with Gasteiger partial charge in [-0.3, -0.25) is 9.69 Å². The molecule has 87 heavy (non-hydrogen) atoms. The Balaban J connectivity index is 0.842. The van der Waals surface area contributed by atoms with E-state index in [9.17, 15) is 5.11 Å². The molecule has 0 amide bonds. The minimum Gasteiger partial charge on any atom is -0.509 e. The van der Waals surface area contributed by atoms with Crippen LogP contribution in [0, 0.1) is 127 Å². The third kappa shape index (κ3) is 5.82. The van der Waals surface area contributed by atoms with Crippen molar-refractivity contribution in [3.63, 3.8) is 0 Å². The molecule has 22 atom stereocenters. The first-order valence-electron chi connectivity index (χ1n) is 37.0. The Morgan fingerprint density at radius 1 is 0.805 bits per heavy atom. The van der Waals surface area contributed by atoms with E-state index >= 15 is 9.59 Å². The van der Waals surface area contributed by atoms with Gasteiger partial charge < -0.3 is 25.2 Å². The zero-order valence-electron chi connectivity index (χ0n) is 52.4. The highest BCUT2D eigenvalue weighted by atomic mass is 16.6. The summed E-state index contributed by atoms with van der Waals surface area (Å²) in [5.74, 6) is 14.0. The number of carbonyl (C=O) groups excluding carboxylic acids is 2. The average molecular weight is 1170 g/mol. The Morgan fingerprint density at radius 2 is 1.66 bits per heavy atom. The zero-order valence-corrected chi connectivity index (χ0v) is 52.4. The minimum atomic E-state index is -1.18. The van der Waals surface area contributed by atoms with Crippen molar-refractivity contribution in [2.75, 3.05) is 19.6 Å². The zero-order chi connectivity index (χ0) is 57.6. The fourth-order valence-corrected chi connectivity index (χ4v) is 31.1. The van der Waals surface area contributed by atoms with Gasteiger partial charge in [-0.2, -0.15) is 0 Å². The van der Waals surface area contributed by atoms with Gasteiger partial charge in [0, 0.05) is 78.5 Å². The summed E-state index contributed by atoms with van der Waals surface area (Å²) in [4.78, 5) is 39.3. The van der Waals surface area contributed by atoms with E-state index in [0.717, 1.165) is 56.3 Å². The number of fused-ring (bicyclic) bond motifs is 7. The molecule has 22 unspecified atom stereocenters. The van der Waals surface area contributed by atoms with Crippen molar-refractivity contribution in [2.24, 2.45) is 121 Å². The Labute approximate surface area is 518 Å². The summed E-state index contributed by atoms with van der Waals surface area (Å²) in [6.07, 6.45) is 47.3. The van der Waals surface area contributed by atoms with Gasteiger partial charge >= 0.3 is 11.9 Å². The molecular formula is C79H97N3O5. The number of benzene rings is 1. The first kappa shape index (κ1) is 52.6. The fourth-order valence-electron chi connectivity index (χ4n) is 31.1. The number of piperidine rings is 2. The SMILES string of the molecule is CC1CC2=C3C4C5=C6C(C=CC(C7CCCC8(CCCC8)C7)CC7C68C(=O)OC(=C(O)CC6C9CC%10(CCCC%10)C%10(CCCC%10%11CCCC%11C#CCC%10C%11CN3C3C(C2)C2C=CC3(CN6%10)C%11C2)C9)C8(CC5)C72OC(=O)c3c(CCCN)cccc32)CC14. The van der Waals surface area contributed by atoms with Crippen LogP contribution in [0.3, 0.4) is 0 Å². The van der Waals surface area contributed by atoms with Crippen LogP contribution < -0.4 is 5.73 Å². The van der Waals surface area contributed by atoms with Crippen LogP contribution in [0.25, 0.3) is 0 Å². The molecule has 8 spiro atoms. The summed E-state index contributed by atoms with van der Waals surface area (Å²) in [6, 6.07) is 7.41. The summed E-state index contributed by atoms with van der Waals surface area (Å²) in [7, 11) is 0. The predicted molar refractivity (Wildman–Crippen MR) is 334 cm³/mol. The lowest BCUT2D eigenvalue weighted by atomic mass is 9.27. The van der Waals surface area contributed by atoms with Crippen LogP contribution in [0.4, 0.5) is 0 Å². The molecule has 1 aromatic rings. The maximum absolute atomic E-state index is 17.2. The second-order valence-electron chi connectivity index (χ2n) is 35.1. The molecule has 8 nitrogen and oxygen atoms in total. The van der Waals surface area contributed by atoms with Crippen LogP contribution in [0.2, 0.25) is 0 Å². The monoisotopic (exact) mass is 1170 g/mol. The summed E-state index contributed by atoms with van der Waals surface area (Å²) in [6.45, 7) is 5.34. The van der Waals surface area contributed by atoms with Gasteiger partial charge in [-0.25, -0.2) is 4.79 Å². The molecule has 14 aliphatic carbocycles. The third-order valence-electron chi connectivity index (χ3n) is 33.3. The van der Waals surface area contributed by atoms with Crippen molar-refractivity contribution in [3.05, 3.63) is 93.1 Å². The molecule has 1 aromatic carbocycles. The molecule has 11 fully saturated rings. The second kappa shape index (κ2) is 17.3. The second-order valence-corrected chi connectivity index (χ2v) is 35.1. The van der Waals surface area contributed by atoms with Crippen LogP contribution >= 0.6 is 0 Å².